The van der Waals surface area contributed by atoms with Crippen molar-refractivity contribution >= 4 is 47.2 Å². The molecule has 0 saturated carbocycles. The number of amides is 4. The summed E-state index contributed by atoms with van der Waals surface area (Å²) >= 11 is 0. The lowest BCUT2D eigenvalue weighted by atomic mass is 9.79. The predicted octanol–water partition coefficient (Wildman–Crippen LogP) is 12.2. The second kappa shape index (κ2) is 34.9. The highest BCUT2D eigenvalue weighted by molar-refractivity contribution is 6.62. The number of rotatable bonds is 4. The van der Waals surface area contributed by atoms with Gasteiger partial charge in [0.15, 0.2) is 11.5 Å². The number of nitrogens with one attached hydrogen (secondary N) is 2. The molecule has 6 aliphatic rings. The van der Waals surface area contributed by atoms with E-state index in [4.69, 9.17) is 39.1 Å². The minimum atomic E-state index is -0.657. The Hall–Kier alpha value is -7.52. The molecule has 0 unspecified atom stereocenters. The number of carbonyl (C=O) groups is 4. The van der Waals surface area contributed by atoms with Crippen molar-refractivity contribution < 1.29 is 57.3 Å². The van der Waals surface area contributed by atoms with E-state index < -0.39 is 23.6 Å². The first kappa shape index (κ1) is 69.0. The third-order valence-electron chi connectivity index (χ3n) is 13.5. The number of carbonyl (C=O) groups excluding carboxylic acids is 4. The van der Waals surface area contributed by atoms with Crippen LogP contribution in [-0.2, 0) is 31.7 Å². The van der Waals surface area contributed by atoms with E-state index >= 15 is 0 Å². The summed E-state index contributed by atoms with van der Waals surface area (Å²) in [6.07, 6.45) is 3.03. The van der Waals surface area contributed by atoms with Crippen LogP contribution in [0.5, 0.6) is 11.5 Å². The molecule has 17 nitrogen and oxygen atoms in total. The zero-order valence-electron chi connectivity index (χ0n) is 50.9. The first-order valence-corrected chi connectivity index (χ1v) is 29.1. The minimum Gasteiger partial charge on any atom is -0.461 e. The molecular weight excluding hydrogens is 1070 g/mol. The van der Waals surface area contributed by atoms with Gasteiger partial charge in [0.05, 0.1) is 46.7 Å². The highest BCUT2D eigenvalue weighted by atomic mass is 16.7. The highest BCUT2D eigenvalue weighted by Gasteiger charge is 2.51. The van der Waals surface area contributed by atoms with Gasteiger partial charge in [0.2, 0.25) is 0 Å². The molecule has 6 aromatic carbocycles. The van der Waals surface area contributed by atoms with Crippen molar-refractivity contribution in [3.63, 3.8) is 0 Å². The molecule has 0 aliphatic carbocycles. The summed E-state index contributed by atoms with van der Waals surface area (Å²) in [6.45, 7) is 29.9. The molecule has 13 rings (SSSR count). The molecule has 4 amide bonds. The van der Waals surface area contributed by atoms with Crippen LogP contribution in [0.15, 0.2) is 168 Å². The third-order valence-corrected chi connectivity index (χ3v) is 13.5. The van der Waals surface area contributed by atoms with Crippen molar-refractivity contribution in [3.8, 4) is 11.5 Å². The van der Waals surface area contributed by atoms with Gasteiger partial charge >= 0.3 is 7.12 Å². The maximum atomic E-state index is 12.0. The van der Waals surface area contributed by atoms with Gasteiger partial charge in [0, 0.05) is 56.4 Å². The van der Waals surface area contributed by atoms with E-state index in [1.807, 2.05) is 122 Å². The minimum absolute atomic E-state index is 0.130. The van der Waals surface area contributed by atoms with Crippen LogP contribution in [0.3, 0.4) is 0 Å². The largest absolute Gasteiger partial charge is 0.494 e. The molecule has 6 aliphatic heterocycles. The molecule has 84 heavy (non-hydrogen) atoms. The van der Waals surface area contributed by atoms with Gasteiger partial charge in [-0.05, 0) is 87.8 Å². The van der Waals surface area contributed by atoms with E-state index in [-0.39, 0.29) is 40.3 Å². The fraction of sp³-hybridized carbons (Fsp3) is 0.364. The molecule has 3 fully saturated rings. The Morgan fingerprint density at radius 2 is 0.940 bits per heavy atom. The van der Waals surface area contributed by atoms with Crippen LogP contribution >= 0.6 is 0 Å². The quantitative estimate of drug-likeness (QED) is 0.0558. The van der Waals surface area contributed by atoms with Crippen LogP contribution in [0, 0.1) is 0 Å². The topological polar surface area (TPSA) is 214 Å². The number of hydrogen-bond donors (Lipinski definition) is 4. The molecule has 0 bridgehead atoms. The summed E-state index contributed by atoms with van der Waals surface area (Å²) in [5.74, 6) is 4.79. The van der Waals surface area contributed by atoms with Crippen molar-refractivity contribution in [2.24, 2.45) is 5.90 Å². The van der Waals surface area contributed by atoms with Crippen LogP contribution in [0.4, 0.5) is 0 Å². The summed E-state index contributed by atoms with van der Waals surface area (Å²) < 4.78 is 28.6. The molecule has 1 aromatic heterocycles. The molecule has 18 heteroatoms. The molecule has 3 saturated heterocycles. The monoisotopic (exact) mass is 1150 g/mol. The van der Waals surface area contributed by atoms with Gasteiger partial charge in [-0.25, -0.2) is 0 Å². The lowest BCUT2D eigenvalue weighted by Gasteiger charge is -2.32. The molecule has 1 spiro atoms. The molecule has 7 heterocycles. The number of piperidine rings is 1. The maximum absolute atomic E-state index is 12.0. The summed E-state index contributed by atoms with van der Waals surface area (Å²) in [5, 5.41) is 17.7. The third kappa shape index (κ3) is 18.2. The molecule has 5 N–H and O–H groups in total. The maximum Gasteiger partial charge on any atom is 0.494 e. The normalized spacial score (nSPS) is 16.5. The van der Waals surface area contributed by atoms with E-state index in [1.54, 1.807) is 72.8 Å². The molecular formula is C66H86BN5O12. The zero-order valence-corrected chi connectivity index (χ0v) is 50.9. The number of nitrogens with two attached hydrogens (primary N) is 1. The van der Waals surface area contributed by atoms with Crippen molar-refractivity contribution in [2.75, 3.05) is 32.8 Å². The predicted molar refractivity (Wildman–Crippen MR) is 330 cm³/mol. The fourth-order valence-electron chi connectivity index (χ4n) is 8.66. The number of furan rings is 1. The van der Waals surface area contributed by atoms with Crippen molar-refractivity contribution in [1.82, 2.24) is 20.8 Å². The van der Waals surface area contributed by atoms with E-state index in [0.29, 0.717) is 22.6 Å². The first-order chi connectivity index (χ1) is 40.7. The number of nitrogens with zero attached hydrogens (tertiary/aromatic N) is 2. The van der Waals surface area contributed by atoms with Crippen LogP contribution < -0.4 is 31.7 Å². The van der Waals surface area contributed by atoms with Crippen molar-refractivity contribution in [2.45, 2.75) is 126 Å². The molecule has 0 radical (unpaired) electrons. The van der Waals surface area contributed by atoms with Gasteiger partial charge in [0.1, 0.15) is 17.1 Å². The van der Waals surface area contributed by atoms with Gasteiger partial charge < -0.3 is 43.5 Å². The Morgan fingerprint density at radius 1 is 0.524 bits per heavy atom. The number of hydrogen-bond acceptors (Lipinski definition) is 15. The van der Waals surface area contributed by atoms with E-state index in [0.717, 1.165) is 74.8 Å². The van der Waals surface area contributed by atoms with Crippen molar-refractivity contribution in [3.05, 3.63) is 197 Å². The summed E-state index contributed by atoms with van der Waals surface area (Å²) in [4.78, 5) is 55.8. The van der Waals surface area contributed by atoms with Crippen LogP contribution in [0.2, 0.25) is 0 Å². The lowest BCUT2D eigenvalue weighted by molar-refractivity contribution is -0.172. The van der Waals surface area contributed by atoms with Crippen molar-refractivity contribution in [1.29, 1.82) is 0 Å². The Labute approximate surface area is 496 Å². The molecule has 0 atom stereocenters. The summed E-state index contributed by atoms with van der Waals surface area (Å²) in [7, 11) is -0.240. The number of benzene rings is 6. The summed E-state index contributed by atoms with van der Waals surface area (Å²) in [6, 6.07) is 49.2. The Bertz CT molecular complexity index is 2990. The van der Waals surface area contributed by atoms with Gasteiger partial charge in [-0.2, -0.15) is 5.90 Å². The van der Waals surface area contributed by atoms with Crippen LogP contribution in [-0.4, -0.2) is 95.9 Å². The number of hydroxylamine groups is 4. The highest BCUT2D eigenvalue weighted by Crippen LogP contribution is 2.36. The van der Waals surface area contributed by atoms with E-state index in [9.17, 15) is 19.2 Å². The van der Waals surface area contributed by atoms with Gasteiger partial charge in [-0.3, -0.25) is 24.4 Å². The number of imide groups is 2. The summed E-state index contributed by atoms with van der Waals surface area (Å²) in [5.41, 5.74) is 4.20. The number of para-hydroxylation sites is 3. The zero-order chi connectivity index (χ0) is 61.7. The fourth-order valence-corrected chi connectivity index (χ4v) is 8.66. The average molecular weight is 1150 g/mol. The molecule has 450 valence electrons. The smallest absolute Gasteiger partial charge is 0.461 e. The van der Waals surface area contributed by atoms with Crippen LogP contribution in [0.1, 0.15) is 149 Å². The first-order valence-electron chi connectivity index (χ1n) is 29.1. The average Bonchev–Trinajstić information content (AvgIpc) is 4.31. The van der Waals surface area contributed by atoms with Gasteiger partial charge in [-0.1, -0.05) is 170 Å². The Balaban J connectivity index is 0.000000214. The SMILES string of the molecule is C1CC2(CCN1)OCCO2.CC.CC.CC.CC.CC1(C)OB(c2ccccc2)OC1(C)C.NOc1ccccc1.O=C1c2ccccc2C(=O)N1O.O=C1c2ccccc2C(=O)N1Oc1ccccc1.c1ccc2c3c(oc2c1)CCNC3. The van der Waals surface area contributed by atoms with E-state index in [2.05, 4.69) is 55.3 Å². The molecule has 7 aromatic rings. The standard InChI is InChI=1S/C14H9NO3.C12H17BO2.C11H11NO.C8H5NO3.C7H13NO2.C6H7NO.4C2H6/c16-13-11-8-4-5-9-12(11)14(17)15(13)18-10-6-2-1-3-7-10;1-11(2)12(3,4)15-13(14-11)10-8-6-5-7-9-10;1-2-4-10-8(3-1)9-7-12-6-5-11(9)13-10;10-7-5-3-1-2-4-6(5)8(11)9(7)12;1-3-8-4-2-7(1)9-5-6-10-7;7-8-6-4-2-1-3-5-6;4*1-2/h1-9H;5-9H,1-4H3;1-4,12H,5-7H2;1-4,12H;8H,1-6H2;1-5H,7H2;4*1-2H3. The number of fused-ring (bicyclic) bond motifs is 5. The van der Waals surface area contributed by atoms with Crippen LogP contribution in [0.25, 0.3) is 11.0 Å². The van der Waals surface area contributed by atoms with Gasteiger partial charge in [-0.15, -0.1) is 5.06 Å². The second-order valence-electron chi connectivity index (χ2n) is 19.0. The Morgan fingerprint density at radius 3 is 1.40 bits per heavy atom. The van der Waals surface area contributed by atoms with Gasteiger partial charge in [0.25, 0.3) is 23.6 Å². The second-order valence-corrected chi connectivity index (χ2v) is 19.0. The number of ether oxygens (including phenoxy) is 2. The Kier molecular flexibility index (Phi) is 28.7. The van der Waals surface area contributed by atoms with E-state index in [1.165, 1.54) is 28.8 Å². The lowest BCUT2D eigenvalue weighted by Crippen LogP contribution is -2.42.